The maximum Gasteiger partial charge on any atom is 0.339 e. The number of ether oxygens (including phenoxy) is 1. The summed E-state index contributed by atoms with van der Waals surface area (Å²) in [5.41, 5.74) is 2.11. The number of benzene rings is 1. The third-order valence-corrected chi connectivity index (χ3v) is 4.78. The van der Waals surface area contributed by atoms with Crippen molar-refractivity contribution >= 4 is 11.9 Å². The van der Waals surface area contributed by atoms with Crippen LogP contribution in [0.2, 0.25) is 0 Å². The second-order valence-electron chi connectivity index (χ2n) is 6.26. The number of fused-ring (bicyclic) bond motifs is 2. The Labute approximate surface area is 139 Å². The molecule has 0 aliphatic carbocycles. The van der Waals surface area contributed by atoms with Crippen molar-refractivity contribution in [1.29, 1.82) is 0 Å². The minimum absolute atomic E-state index is 0.130. The van der Waals surface area contributed by atoms with E-state index in [1.165, 1.54) is 6.20 Å². The van der Waals surface area contributed by atoms with Crippen molar-refractivity contribution in [2.24, 2.45) is 0 Å². The number of carbonyl (C=O) groups is 2. The Hall–Kier alpha value is -2.76. The molecule has 6 nitrogen and oxygen atoms in total. The second kappa shape index (κ2) is 5.40. The van der Waals surface area contributed by atoms with Gasteiger partial charge in [-0.05, 0) is 13.0 Å². The van der Waals surface area contributed by atoms with Gasteiger partial charge in [-0.3, -0.25) is 9.78 Å². The Morgan fingerprint density at radius 3 is 2.62 bits per heavy atom. The van der Waals surface area contributed by atoms with E-state index in [2.05, 4.69) is 9.97 Å². The van der Waals surface area contributed by atoms with Gasteiger partial charge in [0.2, 0.25) is 0 Å². The molecule has 6 heteroatoms. The number of piperidine rings is 1. The third kappa shape index (κ3) is 2.26. The normalized spacial score (nSPS) is 18.4. The molecule has 0 bridgehead atoms. The lowest BCUT2D eigenvalue weighted by atomic mass is 9.83. The Balaban J connectivity index is 1.53. The van der Waals surface area contributed by atoms with Gasteiger partial charge in [-0.15, -0.1) is 0 Å². The first kappa shape index (κ1) is 14.8. The van der Waals surface area contributed by atoms with Gasteiger partial charge in [0.15, 0.2) is 0 Å². The van der Waals surface area contributed by atoms with Crippen molar-refractivity contribution in [1.82, 2.24) is 14.9 Å². The minimum atomic E-state index is -0.594. The van der Waals surface area contributed by atoms with Gasteiger partial charge in [-0.1, -0.05) is 18.2 Å². The van der Waals surface area contributed by atoms with E-state index in [0.717, 1.165) is 11.3 Å². The summed E-state index contributed by atoms with van der Waals surface area (Å²) in [6.45, 7) is 2.88. The number of rotatable bonds is 1. The van der Waals surface area contributed by atoms with Gasteiger partial charge in [0.1, 0.15) is 11.3 Å². The molecule has 0 N–H and O–H groups in total. The van der Waals surface area contributed by atoms with Crippen LogP contribution in [0.5, 0.6) is 0 Å². The predicted molar refractivity (Wildman–Crippen MR) is 85.4 cm³/mol. The molecule has 1 fully saturated rings. The van der Waals surface area contributed by atoms with Gasteiger partial charge in [-0.2, -0.15) is 0 Å². The van der Waals surface area contributed by atoms with E-state index in [-0.39, 0.29) is 11.9 Å². The zero-order valence-electron chi connectivity index (χ0n) is 13.4. The highest BCUT2D eigenvalue weighted by atomic mass is 16.6. The number of hydrogen-bond donors (Lipinski definition) is 0. The van der Waals surface area contributed by atoms with Crippen molar-refractivity contribution in [3.8, 4) is 0 Å². The van der Waals surface area contributed by atoms with Crippen LogP contribution in [-0.4, -0.2) is 39.8 Å². The average Bonchev–Trinajstić information content (AvgIpc) is 2.88. The van der Waals surface area contributed by atoms with E-state index in [1.807, 2.05) is 25.1 Å². The van der Waals surface area contributed by atoms with Crippen LogP contribution in [0.1, 0.15) is 44.9 Å². The van der Waals surface area contributed by atoms with Crippen LogP contribution < -0.4 is 0 Å². The van der Waals surface area contributed by atoms with Crippen LogP contribution in [-0.2, 0) is 10.3 Å². The largest absolute Gasteiger partial charge is 0.450 e. The van der Waals surface area contributed by atoms with Gasteiger partial charge in [0.25, 0.3) is 5.91 Å². The van der Waals surface area contributed by atoms with Crippen molar-refractivity contribution in [2.75, 3.05) is 13.1 Å². The Morgan fingerprint density at radius 1 is 1.17 bits per heavy atom. The zero-order chi connectivity index (χ0) is 16.7. The monoisotopic (exact) mass is 323 g/mol. The minimum Gasteiger partial charge on any atom is -0.450 e. The van der Waals surface area contributed by atoms with E-state index in [9.17, 15) is 9.59 Å². The molecule has 4 rings (SSSR count). The van der Waals surface area contributed by atoms with Crippen LogP contribution in [0, 0.1) is 6.92 Å². The molecule has 2 aromatic rings. The highest BCUT2D eigenvalue weighted by Gasteiger charge is 2.47. The molecular formula is C18H17N3O3. The highest BCUT2D eigenvalue weighted by Crippen LogP contribution is 2.44. The molecule has 1 spiro atoms. The Bertz CT molecular complexity index is 809. The predicted octanol–water partition coefficient (Wildman–Crippen LogP) is 2.09. The smallest absolute Gasteiger partial charge is 0.339 e. The Morgan fingerprint density at radius 2 is 1.92 bits per heavy atom. The summed E-state index contributed by atoms with van der Waals surface area (Å²) in [5.74, 6) is -0.398. The van der Waals surface area contributed by atoms with E-state index in [1.54, 1.807) is 17.2 Å². The summed E-state index contributed by atoms with van der Waals surface area (Å²) in [5, 5.41) is 0. The summed E-state index contributed by atoms with van der Waals surface area (Å²) < 4.78 is 5.70. The first-order valence-electron chi connectivity index (χ1n) is 8.00. The topological polar surface area (TPSA) is 72.4 Å². The molecule has 0 atom stereocenters. The maximum atomic E-state index is 12.5. The summed E-state index contributed by atoms with van der Waals surface area (Å²) in [6, 6.07) is 7.50. The van der Waals surface area contributed by atoms with Gasteiger partial charge in [0.05, 0.1) is 17.5 Å². The first-order valence-corrected chi connectivity index (χ1v) is 8.00. The SMILES string of the molecule is Cc1cnc(C(=O)N2CCC3(CC2)OC(=O)c2ccccc23)cn1. The Kier molecular flexibility index (Phi) is 3.33. The van der Waals surface area contributed by atoms with E-state index in [0.29, 0.717) is 37.2 Å². The van der Waals surface area contributed by atoms with Gasteiger partial charge >= 0.3 is 5.97 Å². The van der Waals surface area contributed by atoms with Crippen LogP contribution in [0.3, 0.4) is 0 Å². The van der Waals surface area contributed by atoms with Crippen molar-refractivity contribution in [2.45, 2.75) is 25.4 Å². The lowest BCUT2D eigenvalue weighted by Gasteiger charge is -2.38. The van der Waals surface area contributed by atoms with E-state index >= 15 is 0 Å². The molecule has 3 heterocycles. The van der Waals surface area contributed by atoms with Crippen LogP contribution in [0.15, 0.2) is 36.7 Å². The number of amides is 1. The number of esters is 1. The van der Waals surface area contributed by atoms with Crippen LogP contribution in [0.4, 0.5) is 0 Å². The van der Waals surface area contributed by atoms with Crippen molar-refractivity contribution in [3.05, 3.63) is 59.2 Å². The summed E-state index contributed by atoms with van der Waals surface area (Å²) in [7, 11) is 0. The molecule has 1 amide bonds. The molecule has 0 radical (unpaired) electrons. The van der Waals surface area contributed by atoms with Crippen LogP contribution in [0.25, 0.3) is 0 Å². The third-order valence-electron chi connectivity index (χ3n) is 4.78. The fraction of sp³-hybridized carbons (Fsp3) is 0.333. The molecule has 2 aliphatic rings. The molecule has 24 heavy (non-hydrogen) atoms. The molecule has 1 aromatic carbocycles. The first-order chi connectivity index (χ1) is 11.6. The molecule has 1 aromatic heterocycles. The number of aromatic nitrogens is 2. The highest BCUT2D eigenvalue weighted by molar-refractivity contribution is 5.95. The molecule has 0 saturated carbocycles. The zero-order valence-corrected chi connectivity index (χ0v) is 13.4. The molecular weight excluding hydrogens is 306 g/mol. The molecule has 0 unspecified atom stereocenters. The van der Waals surface area contributed by atoms with Gasteiger partial charge in [-0.25, -0.2) is 9.78 Å². The summed E-state index contributed by atoms with van der Waals surface area (Å²) in [6.07, 6.45) is 4.29. The van der Waals surface area contributed by atoms with Crippen molar-refractivity contribution in [3.63, 3.8) is 0 Å². The lowest BCUT2D eigenvalue weighted by Crippen LogP contribution is -2.45. The summed E-state index contributed by atoms with van der Waals surface area (Å²) >= 11 is 0. The van der Waals surface area contributed by atoms with Crippen molar-refractivity contribution < 1.29 is 14.3 Å². The number of likely N-dealkylation sites (tertiary alicyclic amines) is 1. The average molecular weight is 323 g/mol. The number of hydrogen-bond acceptors (Lipinski definition) is 5. The lowest BCUT2D eigenvalue weighted by molar-refractivity contribution is -0.0390. The van der Waals surface area contributed by atoms with Gasteiger partial charge < -0.3 is 9.64 Å². The van der Waals surface area contributed by atoms with Gasteiger partial charge in [0, 0.05) is 37.7 Å². The maximum absolute atomic E-state index is 12.5. The molecule has 2 aliphatic heterocycles. The molecule has 1 saturated heterocycles. The van der Waals surface area contributed by atoms with E-state index in [4.69, 9.17) is 4.74 Å². The van der Waals surface area contributed by atoms with Crippen LogP contribution >= 0.6 is 0 Å². The summed E-state index contributed by atoms with van der Waals surface area (Å²) in [4.78, 5) is 34.7. The standard InChI is InChI=1S/C18H17N3O3/c1-12-10-20-15(11-19-12)16(22)21-8-6-18(7-9-21)14-5-3-2-4-13(14)17(23)24-18/h2-5,10-11H,6-9H2,1H3. The second-order valence-corrected chi connectivity index (χ2v) is 6.26. The quantitative estimate of drug-likeness (QED) is 0.751. The fourth-order valence-electron chi connectivity index (χ4n) is 3.45. The fourth-order valence-corrected chi connectivity index (χ4v) is 3.45. The molecule has 122 valence electrons. The number of carbonyl (C=O) groups excluding carboxylic acids is 2. The van der Waals surface area contributed by atoms with E-state index < -0.39 is 5.60 Å². The number of nitrogens with zero attached hydrogens (tertiary/aromatic N) is 3. The number of aryl methyl sites for hydroxylation is 1.